The molecule has 2 aromatic rings. The van der Waals surface area contributed by atoms with Crippen LogP contribution in [0.15, 0.2) is 47.4 Å². The van der Waals surface area contributed by atoms with Gasteiger partial charge in [0.15, 0.2) is 0 Å². The van der Waals surface area contributed by atoms with Crippen LogP contribution in [0.3, 0.4) is 0 Å². The molecular formula is C19H22ClN3O3S. The zero-order valence-corrected chi connectivity index (χ0v) is 16.8. The molecular weight excluding hydrogens is 386 g/mol. The Hall–Kier alpha value is -2.25. The van der Waals surface area contributed by atoms with Crippen LogP contribution in [0.5, 0.6) is 0 Å². The number of aryl methyl sites for hydroxylation is 1. The summed E-state index contributed by atoms with van der Waals surface area (Å²) in [7, 11) is -3.67. The van der Waals surface area contributed by atoms with E-state index in [4.69, 9.17) is 11.6 Å². The highest BCUT2D eigenvalue weighted by Crippen LogP contribution is 2.30. The lowest BCUT2D eigenvalue weighted by Crippen LogP contribution is -2.48. The van der Waals surface area contributed by atoms with E-state index >= 15 is 0 Å². The summed E-state index contributed by atoms with van der Waals surface area (Å²) in [4.78, 5) is 15.5. The topological polar surface area (TPSA) is 69.7 Å². The lowest BCUT2D eigenvalue weighted by Gasteiger charge is -2.36. The summed E-state index contributed by atoms with van der Waals surface area (Å²) in [5.74, 6) is 0.0709. The van der Waals surface area contributed by atoms with Crippen molar-refractivity contribution in [3.05, 3.63) is 53.1 Å². The van der Waals surface area contributed by atoms with Crippen LogP contribution >= 0.6 is 11.6 Å². The number of hydrogen-bond donors (Lipinski definition) is 1. The maximum absolute atomic E-state index is 12.5. The summed E-state index contributed by atoms with van der Waals surface area (Å²) in [6.07, 6.45) is 0. The summed E-state index contributed by atoms with van der Waals surface area (Å²) in [5, 5.41) is 0.468. The molecule has 1 aliphatic rings. The first kappa shape index (κ1) is 19.5. The molecule has 2 aromatic carbocycles. The van der Waals surface area contributed by atoms with E-state index in [0.717, 1.165) is 11.3 Å². The molecule has 1 heterocycles. The Balaban J connectivity index is 1.73. The van der Waals surface area contributed by atoms with E-state index in [2.05, 4.69) is 9.62 Å². The first-order chi connectivity index (χ1) is 12.8. The first-order valence-electron chi connectivity index (χ1n) is 8.66. The van der Waals surface area contributed by atoms with E-state index < -0.39 is 10.0 Å². The summed E-state index contributed by atoms with van der Waals surface area (Å²) in [5.41, 5.74) is 2.23. The number of anilines is 2. The Labute approximate surface area is 164 Å². The van der Waals surface area contributed by atoms with Crippen molar-refractivity contribution >= 4 is 38.9 Å². The molecule has 3 rings (SSSR count). The third kappa shape index (κ3) is 4.54. The number of carbonyl (C=O) groups excluding carboxylic acids is 1. The number of sulfonamides is 1. The van der Waals surface area contributed by atoms with Crippen molar-refractivity contribution in [1.29, 1.82) is 0 Å². The second kappa shape index (κ2) is 7.78. The normalized spacial score (nSPS) is 14.9. The fraction of sp³-hybridized carbons (Fsp3) is 0.316. The fourth-order valence-corrected chi connectivity index (χ4v) is 4.37. The molecule has 27 heavy (non-hydrogen) atoms. The molecule has 0 aliphatic carbocycles. The van der Waals surface area contributed by atoms with Gasteiger partial charge in [0.2, 0.25) is 5.91 Å². The van der Waals surface area contributed by atoms with Crippen molar-refractivity contribution in [1.82, 2.24) is 4.90 Å². The standard InChI is InChI=1S/C19H22ClN3O3S/c1-14-3-6-17(7-4-14)27(25,26)21-16-5-8-19(18(20)13-16)23-11-9-22(10-12-23)15(2)24/h3-8,13,21H,9-12H2,1-2H3. The van der Waals surface area contributed by atoms with Gasteiger partial charge in [-0.1, -0.05) is 29.3 Å². The van der Waals surface area contributed by atoms with Crippen molar-refractivity contribution in [3.63, 3.8) is 0 Å². The van der Waals surface area contributed by atoms with Crippen LogP contribution in [0, 0.1) is 6.92 Å². The lowest BCUT2D eigenvalue weighted by atomic mass is 10.2. The monoisotopic (exact) mass is 407 g/mol. The molecule has 0 bridgehead atoms. The van der Waals surface area contributed by atoms with Gasteiger partial charge in [-0.05, 0) is 37.3 Å². The Kier molecular flexibility index (Phi) is 5.62. The van der Waals surface area contributed by atoms with Gasteiger partial charge < -0.3 is 9.80 Å². The van der Waals surface area contributed by atoms with Crippen LogP contribution in [-0.4, -0.2) is 45.4 Å². The number of benzene rings is 2. The Morgan fingerprint density at radius 2 is 1.67 bits per heavy atom. The zero-order chi connectivity index (χ0) is 19.6. The second-order valence-electron chi connectivity index (χ2n) is 6.58. The number of nitrogens with one attached hydrogen (secondary N) is 1. The van der Waals surface area contributed by atoms with Crippen LogP contribution in [0.25, 0.3) is 0 Å². The van der Waals surface area contributed by atoms with Crippen molar-refractivity contribution < 1.29 is 13.2 Å². The number of nitrogens with zero attached hydrogens (tertiary/aromatic N) is 2. The van der Waals surface area contributed by atoms with E-state index in [1.54, 1.807) is 54.3 Å². The average Bonchev–Trinajstić information content (AvgIpc) is 2.62. The summed E-state index contributed by atoms with van der Waals surface area (Å²) < 4.78 is 27.6. The predicted molar refractivity (Wildman–Crippen MR) is 108 cm³/mol. The van der Waals surface area contributed by atoms with Gasteiger partial charge >= 0.3 is 0 Å². The Morgan fingerprint density at radius 3 is 2.22 bits per heavy atom. The number of piperazine rings is 1. The largest absolute Gasteiger partial charge is 0.367 e. The highest BCUT2D eigenvalue weighted by molar-refractivity contribution is 7.92. The lowest BCUT2D eigenvalue weighted by molar-refractivity contribution is -0.129. The molecule has 0 saturated carbocycles. The minimum absolute atomic E-state index is 0.0709. The van der Waals surface area contributed by atoms with Gasteiger partial charge in [-0.15, -0.1) is 0 Å². The number of halogens is 1. The average molecular weight is 408 g/mol. The maximum atomic E-state index is 12.5. The quantitative estimate of drug-likeness (QED) is 0.845. The highest BCUT2D eigenvalue weighted by Gasteiger charge is 2.21. The smallest absolute Gasteiger partial charge is 0.261 e. The van der Waals surface area contributed by atoms with E-state index in [9.17, 15) is 13.2 Å². The Bertz CT molecular complexity index is 937. The van der Waals surface area contributed by atoms with Crippen LogP contribution in [0.1, 0.15) is 12.5 Å². The third-order valence-electron chi connectivity index (χ3n) is 4.60. The second-order valence-corrected chi connectivity index (χ2v) is 8.67. The van der Waals surface area contributed by atoms with E-state index in [1.807, 2.05) is 6.92 Å². The Morgan fingerprint density at radius 1 is 1.04 bits per heavy atom. The molecule has 1 saturated heterocycles. The van der Waals surface area contributed by atoms with Gasteiger partial charge in [0.1, 0.15) is 0 Å². The molecule has 0 radical (unpaired) electrons. The zero-order valence-electron chi connectivity index (χ0n) is 15.3. The minimum Gasteiger partial charge on any atom is -0.367 e. The molecule has 1 fully saturated rings. The third-order valence-corrected chi connectivity index (χ3v) is 6.30. The molecule has 1 N–H and O–H groups in total. The maximum Gasteiger partial charge on any atom is 0.261 e. The van der Waals surface area contributed by atoms with Crippen LogP contribution < -0.4 is 9.62 Å². The van der Waals surface area contributed by atoms with Gasteiger partial charge in [-0.25, -0.2) is 8.42 Å². The number of amides is 1. The van der Waals surface area contributed by atoms with E-state index in [0.29, 0.717) is 36.9 Å². The molecule has 0 unspecified atom stereocenters. The molecule has 1 aliphatic heterocycles. The van der Waals surface area contributed by atoms with Gasteiger partial charge in [0.25, 0.3) is 10.0 Å². The van der Waals surface area contributed by atoms with Gasteiger partial charge in [-0.3, -0.25) is 9.52 Å². The number of rotatable bonds is 4. The molecule has 8 heteroatoms. The van der Waals surface area contributed by atoms with Crippen molar-refractivity contribution in [2.75, 3.05) is 35.8 Å². The fourth-order valence-electron chi connectivity index (χ4n) is 3.02. The first-order valence-corrected chi connectivity index (χ1v) is 10.5. The number of carbonyl (C=O) groups is 1. The summed E-state index contributed by atoms with van der Waals surface area (Å²) in [6.45, 7) is 6.14. The van der Waals surface area contributed by atoms with Crippen LogP contribution in [-0.2, 0) is 14.8 Å². The molecule has 0 spiro atoms. The molecule has 144 valence electrons. The van der Waals surface area contributed by atoms with E-state index in [1.165, 1.54) is 0 Å². The molecule has 1 amide bonds. The van der Waals surface area contributed by atoms with Crippen molar-refractivity contribution in [3.8, 4) is 0 Å². The van der Waals surface area contributed by atoms with Crippen molar-refractivity contribution in [2.24, 2.45) is 0 Å². The summed E-state index contributed by atoms with van der Waals surface area (Å²) in [6, 6.07) is 11.8. The van der Waals surface area contributed by atoms with Gasteiger partial charge in [0, 0.05) is 33.1 Å². The van der Waals surface area contributed by atoms with Gasteiger partial charge in [-0.2, -0.15) is 0 Å². The van der Waals surface area contributed by atoms with E-state index in [-0.39, 0.29) is 10.8 Å². The SMILES string of the molecule is CC(=O)N1CCN(c2ccc(NS(=O)(=O)c3ccc(C)cc3)cc2Cl)CC1. The predicted octanol–water partition coefficient (Wildman–Crippen LogP) is 3.12. The van der Waals surface area contributed by atoms with Crippen molar-refractivity contribution in [2.45, 2.75) is 18.7 Å². The molecule has 0 aromatic heterocycles. The van der Waals surface area contributed by atoms with Gasteiger partial charge in [0.05, 0.1) is 21.3 Å². The van der Waals surface area contributed by atoms with Crippen LogP contribution in [0.4, 0.5) is 11.4 Å². The minimum atomic E-state index is -3.67. The highest BCUT2D eigenvalue weighted by atomic mass is 35.5. The van der Waals surface area contributed by atoms with Crippen LogP contribution in [0.2, 0.25) is 5.02 Å². The molecule has 0 atom stereocenters. The molecule has 6 nitrogen and oxygen atoms in total. The number of hydrogen-bond acceptors (Lipinski definition) is 4. The summed E-state index contributed by atoms with van der Waals surface area (Å²) >= 11 is 6.40.